The molecule has 0 bridgehead atoms. The number of carboxylic acids is 1. The average Bonchev–Trinajstić information content (AvgIpc) is 2.74. The van der Waals surface area contributed by atoms with Gasteiger partial charge in [-0.05, 0) is 30.0 Å². The summed E-state index contributed by atoms with van der Waals surface area (Å²) in [6, 6.07) is 7.31. The molecule has 0 aliphatic heterocycles. The molecule has 1 N–H and O–H groups in total. The van der Waals surface area contributed by atoms with Gasteiger partial charge in [-0.2, -0.15) is 0 Å². The van der Waals surface area contributed by atoms with E-state index in [0.29, 0.717) is 30.3 Å². The summed E-state index contributed by atoms with van der Waals surface area (Å²) in [4.78, 5) is 21.5. The van der Waals surface area contributed by atoms with Crippen molar-refractivity contribution in [1.29, 1.82) is 0 Å². The van der Waals surface area contributed by atoms with Crippen LogP contribution in [0.4, 0.5) is 0 Å². The molecule has 1 aromatic carbocycles. The van der Waals surface area contributed by atoms with Gasteiger partial charge >= 0.3 is 5.97 Å². The van der Waals surface area contributed by atoms with Crippen LogP contribution in [0.15, 0.2) is 24.3 Å². The zero-order chi connectivity index (χ0) is 12.3. The van der Waals surface area contributed by atoms with E-state index >= 15 is 0 Å². The lowest BCUT2D eigenvalue weighted by Gasteiger charge is -2.09. The molecule has 0 aromatic heterocycles. The summed E-state index contributed by atoms with van der Waals surface area (Å²) in [5.74, 6) is 0.188. The predicted molar refractivity (Wildman–Crippen MR) is 61.2 cm³/mol. The number of aliphatic carboxylic acids is 1. The summed E-state index contributed by atoms with van der Waals surface area (Å²) in [6.07, 6.45) is 2.20. The maximum absolute atomic E-state index is 11.2. The van der Waals surface area contributed by atoms with Gasteiger partial charge in [-0.25, -0.2) is 4.79 Å². The van der Waals surface area contributed by atoms with E-state index in [2.05, 4.69) is 0 Å². The zero-order valence-electron chi connectivity index (χ0n) is 9.39. The Kier molecular flexibility index (Phi) is 3.42. The van der Waals surface area contributed by atoms with Crippen LogP contribution in [0.5, 0.6) is 5.75 Å². The molecule has 1 fully saturated rings. The minimum Gasteiger partial charge on any atom is -0.482 e. The van der Waals surface area contributed by atoms with E-state index in [-0.39, 0.29) is 6.61 Å². The third-order valence-electron chi connectivity index (χ3n) is 2.96. The summed E-state index contributed by atoms with van der Waals surface area (Å²) in [6.45, 7) is -0.332. The van der Waals surface area contributed by atoms with Crippen LogP contribution in [0.2, 0.25) is 0 Å². The number of hydrogen-bond donors (Lipinski definition) is 1. The minimum absolute atomic E-state index is 0.316. The highest BCUT2D eigenvalue weighted by Gasteiger charge is 2.23. The molecule has 4 heteroatoms. The second-order valence-corrected chi connectivity index (χ2v) is 4.23. The molecule has 0 amide bonds. The number of carbonyl (C=O) groups is 2. The molecule has 1 aliphatic rings. The lowest BCUT2D eigenvalue weighted by Crippen LogP contribution is -2.09. The molecular formula is C13H14O4. The van der Waals surface area contributed by atoms with Crippen molar-refractivity contribution in [1.82, 2.24) is 0 Å². The van der Waals surface area contributed by atoms with Gasteiger partial charge < -0.3 is 9.84 Å². The first kappa shape index (κ1) is 11.6. The molecule has 0 saturated heterocycles. The molecule has 17 heavy (non-hydrogen) atoms. The average molecular weight is 234 g/mol. The Morgan fingerprint density at radius 2 is 2.06 bits per heavy atom. The summed E-state index contributed by atoms with van der Waals surface area (Å²) < 4.78 is 5.04. The van der Waals surface area contributed by atoms with Crippen molar-refractivity contribution < 1.29 is 19.4 Å². The SMILES string of the molecule is O=C(O)COc1ccc(C2CCC(=O)C2)cc1. The highest BCUT2D eigenvalue weighted by atomic mass is 16.5. The molecule has 90 valence electrons. The van der Waals surface area contributed by atoms with Crippen LogP contribution in [-0.4, -0.2) is 23.5 Å². The fourth-order valence-electron chi connectivity index (χ4n) is 2.08. The highest BCUT2D eigenvalue weighted by molar-refractivity contribution is 5.81. The van der Waals surface area contributed by atoms with Crippen LogP contribution in [0, 0.1) is 0 Å². The third kappa shape index (κ3) is 3.06. The smallest absolute Gasteiger partial charge is 0.341 e. The Morgan fingerprint density at radius 3 is 2.59 bits per heavy atom. The molecule has 2 rings (SSSR count). The van der Waals surface area contributed by atoms with Crippen molar-refractivity contribution in [2.45, 2.75) is 25.2 Å². The molecule has 0 heterocycles. The summed E-state index contributed by atoms with van der Waals surface area (Å²) >= 11 is 0. The Balaban J connectivity index is 1.98. The minimum atomic E-state index is -0.990. The molecule has 1 aromatic rings. The van der Waals surface area contributed by atoms with Gasteiger partial charge in [-0.3, -0.25) is 4.79 Å². The monoisotopic (exact) mass is 234 g/mol. The number of Topliss-reactive ketones (excluding diaryl/α,β-unsaturated/α-hetero) is 1. The van der Waals surface area contributed by atoms with E-state index < -0.39 is 5.97 Å². The number of ketones is 1. The molecular weight excluding hydrogens is 220 g/mol. The molecule has 1 saturated carbocycles. The van der Waals surface area contributed by atoms with Crippen LogP contribution in [-0.2, 0) is 9.59 Å². The molecule has 1 aliphatic carbocycles. The molecule has 4 nitrogen and oxygen atoms in total. The number of carbonyl (C=O) groups excluding carboxylic acids is 1. The van der Waals surface area contributed by atoms with Gasteiger partial charge in [-0.1, -0.05) is 12.1 Å². The number of benzene rings is 1. The van der Waals surface area contributed by atoms with Crippen LogP contribution < -0.4 is 4.74 Å². The first-order valence-corrected chi connectivity index (χ1v) is 5.61. The Labute approximate surface area is 99.2 Å². The Hall–Kier alpha value is -1.84. The van der Waals surface area contributed by atoms with E-state index in [1.165, 1.54) is 0 Å². The Morgan fingerprint density at radius 1 is 1.35 bits per heavy atom. The van der Waals surface area contributed by atoms with Crippen molar-refractivity contribution in [3.05, 3.63) is 29.8 Å². The van der Waals surface area contributed by atoms with E-state index in [9.17, 15) is 9.59 Å². The van der Waals surface area contributed by atoms with Gasteiger partial charge in [0, 0.05) is 12.8 Å². The number of rotatable bonds is 4. The van der Waals surface area contributed by atoms with Crippen molar-refractivity contribution in [2.24, 2.45) is 0 Å². The number of carboxylic acid groups (broad SMARTS) is 1. The number of hydrogen-bond acceptors (Lipinski definition) is 3. The van der Waals surface area contributed by atoms with Crippen LogP contribution in [0.3, 0.4) is 0 Å². The largest absolute Gasteiger partial charge is 0.482 e. The fourth-order valence-corrected chi connectivity index (χ4v) is 2.08. The summed E-state index contributed by atoms with van der Waals surface area (Å²) in [5.41, 5.74) is 1.12. The first-order valence-electron chi connectivity index (χ1n) is 5.61. The second kappa shape index (κ2) is 4.99. The lowest BCUT2D eigenvalue weighted by atomic mass is 9.98. The van der Waals surface area contributed by atoms with Gasteiger partial charge in [0.2, 0.25) is 0 Å². The van der Waals surface area contributed by atoms with E-state index in [4.69, 9.17) is 9.84 Å². The first-order chi connectivity index (χ1) is 8.15. The van der Waals surface area contributed by atoms with E-state index in [1.54, 1.807) is 12.1 Å². The fraction of sp³-hybridized carbons (Fsp3) is 0.385. The van der Waals surface area contributed by atoms with Gasteiger partial charge in [0.1, 0.15) is 11.5 Å². The standard InChI is InChI=1S/C13H14O4/c14-11-4-1-10(7-11)9-2-5-12(6-3-9)17-8-13(15)16/h2-3,5-6,10H,1,4,7-8H2,(H,15,16). The van der Waals surface area contributed by atoms with Gasteiger partial charge in [0.25, 0.3) is 0 Å². The molecule has 0 radical (unpaired) electrons. The Bertz CT molecular complexity index is 422. The molecule has 1 atom stereocenters. The van der Waals surface area contributed by atoms with E-state index in [0.717, 1.165) is 12.0 Å². The predicted octanol–water partition coefficient (Wildman–Crippen LogP) is 1.99. The van der Waals surface area contributed by atoms with Crippen molar-refractivity contribution in [3.8, 4) is 5.75 Å². The quantitative estimate of drug-likeness (QED) is 0.865. The van der Waals surface area contributed by atoms with E-state index in [1.807, 2.05) is 12.1 Å². The lowest BCUT2D eigenvalue weighted by molar-refractivity contribution is -0.139. The zero-order valence-corrected chi connectivity index (χ0v) is 9.39. The van der Waals surface area contributed by atoms with Gasteiger partial charge in [-0.15, -0.1) is 0 Å². The van der Waals surface area contributed by atoms with Crippen molar-refractivity contribution in [2.75, 3.05) is 6.61 Å². The maximum Gasteiger partial charge on any atom is 0.341 e. The normalized spacial score (nSPS) is 19.3. The van der Waals surface area contributed by atoms with Crippen molar-refractivity contribution >= 4 is 11.8 Å². The van der Waals surface area contributed by atoms with Gasteiger partial charge in [0.15, 0.2) is 6.61 Å². The van der Waals surface area contributed by atoms with Gasteiger partial charge in [0.05, 0.1) is 0 Å². The van der Waals surface area contributed by atoms with Crippen LogP contribution in [0.1, 0.15) is 30.7 Å². The number of ether oxygens (including phenoxy) is 1. The van der Waals surface area contributed by atoms with Crippen LogP contribution >= 0.6 is 0 Å². The molecule has 0 spiro atoms. The second-order valence-electron chi connectivity index (χ2n) is 4.23. The summed E-state index contributed by atoms with van der Waals surface area (Å²) in [5, 5.41) is 8.47. The van der Waals surface area contributed by atoms with Crippen molar-refractivity contribution in [3.63, 3.8) is 0 Å². The molecule has 1 unspecified atom stereocenters. The van der Waals surface area contributed by atoms with Crippen LogP contribution in [0.25, 0.3) is 0 Å². The third-order valence-corrected chi connectivity index (χ3v) is 2.96. The maximum atomic E-state index is 11.2. The topological polar surface area (TPSA) is 63.6 Å². The highest BCUT2D eigenvalue weighted by Crippen LogP contribution is 2.32. The summed E-state index contributed by atoms with van der Waals surface area (Å²) in [7, 11) is 0.